The lowest BCUT2D eigenvalue weighted by atomic mass is 9.83. The van der Waals surface area contributed by atoms with E-state index in [1.807, 2.05) is 43.3 Å². The number of amides is 1. The molecule has 0 radical (unpaired) electrons. The molecule has 4 rings (SSSR count). The molecule has 0 aliphatic carbocycles. The lowest BCUT2D eigenvalue weighted by Crippen LogP contribution is -2.46. The van der Waals surface area contributed by atoms with E-state index in [9.17, 15) is 9.59 Å². The minimum Gasteiger partial charge on any atom is -0.497 e. The third-order valence-corrected chi connectivity index (χ3v) is 6.62. The molecule has 8 heteroatoms. The average Bonchev–Trinajstić information content (AvgIpc) is 3.27. The molecule has 1 aromatic heterocycles. The molecule has 1 saturated heterocycles. The van der Waals surface area contributed by atoms with Crippen LogP contribution in [0.2, 0.25) is 0 Å². The summed E-state index contributed by atoms with van der Waals surface area (Å²) < 4.78 is 16.6. The highest BCUT2D eigenvalue weighted by Crippen LogP contribution is 2.43. The van der Waals surface area contributed by atoms with E-state index in [-0.39, 0.29) is 24.9 Å². The van der Waals surface area contributed by atoms with Gasteiger partial charge in [0.25, 0.3) is 0 Å². The molecule has 1 aliphatic heterocycles. The number of nitrogens with zero attached hydrogens (tertiary/aromatic N) is 2. The van der Waals surface area contributed by atoms with E-state index in [1.54, 1.807) is 37.4 Å². The van der Waals surface area contributed by atoms with Crippen molar-refractivity contribution in [1.82, 2.24) is 4.98 Å². The Balaban J connectivity index is 1.71. The number of thiazole rings is 1. The summed E-state index contributed by atoms with van der Waals surface area (Å²) in [4.78, 5) is 33.3. The quantitative estimate of drug-likeness (QED) is 0.470. The molecule has 0 bridgehead atoms. The van der Waals surface area contributed by atoms with E-state index in [0.717, 1.165) is 15.4 Å². The summed E-state index contributed by atoms with van der Waals surface area (Å²) in [7, 11) is 3.18. The zero-order valence-electron chi connectivity index (χ0n) is 18.8. The van der Waals surface area contributed by atoms with Crippen LogP contribution in [0.15, 0.2) is 54.7 Å². The summed E-state index contributed by atoms with van der Waals surface area (Å²) in [5.74, 6) is 0.357. The number of benzene rings is 2. The molecule has 0 unspecified atom stereocenters. The number of carbonyl (C=O) groups is 2. The number of rotatable bonds is 7. The van der Waals surface area contributed by atoms with E-state index in [2.05, 4.69) is 4.98 Å². The second-order valence-corrected chi connectivity index (χ2v) is 9.07. The zero-order chi connectivity index (χ0) is 23.4. The maximum Gasteiger partial charge on any atom is 0.311 e. The molecule has 3 aromatic rings. The van der Waals surface area contributed by atoms with Gasteiger partial charge in [0.2, 0.25) is 5.91 Å². The summed E-state index contributed by atoms with van der Waals surface area (Å²) in [5, 5.41) is 0.918. The van der Waals surface area contributed by atoms with Crippen LogP contribution in [0.25, 0.3) is 0 Å². The molecule has 2 atom stereocenters. The maximum atomic E-state index is 13.3. The summed E-state index contributed by atoms with van der Waals surface area (Å²) in [5.41, 5.74) is 1.45. The van der Waals surface area contributed by atoms with Crippen LogP contribution in [0, 0.1) is 12.8 Å². The number of aryl methyl sites for hydroxylation is 1. The second-order valence-electron chi connectivity index (χ2n) is 7.75. The topological polar surface area (TPSA) is 78.0 Å². The molecular formula is C25H26N2O5S. The van der Waals surface area contributed by atoms with Crippen LogP contribution in [0.4, 0.5) is 5.69 Å². The van der Waals surface area contributed by atoms with Gasteiger partial charge in [0.05, 0.1) is 36.1 Å². The first-order chi connectivity index (χ1) is 16.0. The number of para-hydroxylation sites is 1. The first-order valence-electron chi connectivity index (χ1n) is 10.7. The van der Waals surface area contributed by atoms with Crippen LogP contribution in [0.3, 0.4) is 0 Å². The van der Waals surface area contributed by atoms with Crippen LogP contribution < -0.4 is 14.4 Å². The molecule has 0 saturated carbocycles. The normalized spacial score (nSPS) is 18.2. The number of hydrogen-bond acceptors (Lipinski definition) is 7. The monoisotopic (exact) mass is 466 g/mol. The molecule has 7 nitrogen and oxygen atoms in total. The van der Waals surface area contributed by atoms with Gasteiger partial charge in [-0.1, -0.05) is 18.2 Å². The third kappa shape index (κ3) is 4.85. The summed E-state index contributed by atoms with van der Waals surface area (Å²) in [6, 6.07) is 14.2. The minimum absolute atomic E-state index is 0.0572. The number of carbonyl (C=O) groups excluding carboxylic acids is 2. The van der Waals surface area contributed by atoms with Crippen molar-refractivity contribution >= 4 is 28.9 Å². The minimum atomic E-state index is -0.563. The number of methoxy groups -OCH3 is 2. The highest BCUT2D eigenvalue weighted by molar-refractivity contribution is 7.11. The van der Waals surface area contributed by atoms with Gasteiger partial charge in [0.15, 0.2) is 0 Å². The van der Waals surface area contributed by atoms with Crippen LogP contribution in [-0.4, -0.2) is 31.1 Å². The molecule has 1 amide bonds. The molecule has 0 spiro atoms. The van der Waals surface area contributed by atoms with Crippen molar-refractivity contribution in [3.63, 3.8) is 0 Å². The van der Waals surface area contributed by atoms with Crippen molar-refractivity contribution in [3.8, 4) is 11.5 Å². The first-order valence-corrected chi connectivity index (χ1v) is 11.5. The van der Waals surface area contributed by atoms with Gasteiger partial charge in [-0.05, 0) is 43.7 Å². The number of ether oxygens (including phenoxy) is 3. The molecule has 1 fully saturated rings. The van der Waals surface area contributed by atoms with Crippen molar-refractivity contribution in [2.24, 2.45) is 5.92 Å². The Bertz CT molecular complexity index is 1130. The summed E-state index contributed by atoms with van der Waals surface area (Å²) in [6.07, 6.45) is 2.37. The van der Waals surface area contributed by atoms with Crippen molar-refractivity contribution < 1.29 is 23.8 Å². The van der Waals surface area contributed by atoms with Gasteiger partial charge in [-0.3, -0.25) is 9.59 Å². The zero-order valence-corrected chi connectivity index (χ0v) is 19.6. The van der Waals surface area contributed by atoms with Crippen molar-refractivity contribution in [3.05, 3.63) is 70.2 Å². The number of anilines is 1. The number of esters is 1. The standard InChI is InChI=1S/C25H26N2O5S/c1-16-26-14-19(33-16)15-32-25(29)21-12-13-23(28)27(17-8-10-18(30-2)11-9-17)24(21)20-6-4-5-7-22(20)31-3/h4-11,14,21,24H,12-13,15H2,1-3H3/t21-,24-/m0/s1. The van der Waals surface area contributed by atoms with Gasteiger partial charge in [-0.2, -0.15) is 0 Å². The Morgan fingerprint density at radius 3 is 2.55 bits per heavy atom. The van der Waals surface area contributed by atoms with Gasteiger partial charge in [0.1, 0.15) is 18.1 Å². The fourth-order valence-corrected chi connectivity index (χ4v) is 4.88. The Morgan fingerprint density at radius 2 is 1.88 bits per heavy atom. The van der Waals surface area contributed by atoms with Crippen LogP contribution >= 0.6 is 11.3 Å². The highest BCUT2D eigenvalue weighted by atomic mass is 32.1. The van der Waals surface area contributed by atoms with Gasteiger partial charge in [-0.15, -0.1) is 11.3 Å². The smallest absolute Gasteiger partial charge is 0.311 e. The molecular weight excluding hydrogens is 440 g/mol. The molecule has 1 aliphatic rings. The maximum absolute atomic E-state index is 13.3. The lowest BCUT2D eigenvalue weighted by Gasteiger charge is -2.40. The lowest BCUT2D eigenvalue weighted by molar-refractivity contribution is -0.152. The Hall–Kier alpha value is -3.39. The Labute approximate surface area is 196 Å². The summed E-state index contributed by atoms with van der Waals surface area (Å²) >= 11 is 1.50. The van der Waals surface area contributed by atoms with Gasteiger partial charge < -0.3 is 19.1 Å². The fourth-order valence-electron chi connectivity index (χ4n) is 4.17. The van der Waals surface area contributed by atoms with E-state index < -0.39 is 12.0 Å². The largest absolute Gasteiger partial charge is 0.497 e. The molecule has 2 heterocycles. The van der Waals surface area contributed by atoms with E-state index in [1.165, 1.54) is 11.3 Å². The second kappa shape index (κ2) is 10.0. The SMILES string of the molecule is COc1ccc(N2C(=O)CC[C@H](C(=O)OCc3cnc(C)s3)[C@@H]2c2ccccc2OC)cc1. The molecule has 33 heavy (non-hydrogen) atoms. The van der Waals surface area contributed by atoms with Gasteiger partial charge >= 0.3 is 5.97 Å². The predicted molar refractivity (Wildman–Crippen MR) is 126 cm³/mol. The number of aromatic nitrogens is 1. The number of piperidine rings is 1. The van der Waals surface area contributed by atoms with E-state index in [0.29, 0.717) is 23.6 Å². The van der Waals surface area contributed by atoms with Crippen LogP contribution in [0.5, 0.6) is 11.5 Å². The Kier molecular flexibility index (Phi) is 6.93. The molecule has 172 valence electrons. The van der Waals surface area contributed by atoms with Crippen LogP contribution in [-0.2, 0) is 20.9 Å². The van der Waals surface area contributed by atoms with Crippen LogP contribution in [0.1, 0.15) is 34.3 Å². The van der Waals surface area contributed by atoms with Crippen molar-refractivity contribution in [2.75, 3.05) is 19.1 Å². The first kappa shape index (κ1) is 22.8. The summed E-state index contributed by atoms with van der Waals surface area (Å²) in [6.45, 7) is 2.07. The van der Waals surface area contributed by atoms with Gasteiger partial charge in [0, 0.05) is 23.9 Å². The highest BCUT2D eigenvalue weighted by Gasteiger charge is 2.43. The average molecular weight is 467 g/mol. The molecule has 2 aromatic carbocycles. The predicted octanol–water partition coefficient (Wildman–Crippen LogP) is 4.70. The van der Waals surface area contributed by atoms with Crippen molar-refractivity contribution in [1.29, 1.82) is 0 Å². The van der Waals surface area contributed by atoms with Gasteiger partial charge in [-0.25, -0.2) is 4.98 Å². The fraction of sp³-hybridized carbons (Fsp3) is 0.320. The third-order valence-electron chi connectivity index (χ3n) is 5.73. The van der Waals surface area contributed by atoms with E-state index >= 15 is 0 Å². The van der Waals surface area contributed by atoms with E-state index in [4.69, 9.17) is 14.2 Å². The molecule has 0 N–H and O–H groups in total. The van der Waals surface area contributed by atoms with Crippen molar-refractivity contribution in [2.45, 2.75) is 32.4 Å². The Morgan fingerprint density at radius 1 is 1.12 bits per heavy atom. The number of hydrogen-bond donors (Lipinski definition) is 0.